The molecule has 0 aliphatic rings. The van der Waals surface area contributed by atoms with Gasteiger partial charge in [-0.15, -0.1) is 11.8 Å². The third kappa shape index (κ3) is 8.30. The Hall–Kier alpha value is -3.05. The van der Waals surface area contributed by atoms with E-state index in [2.05, 4.69) is 22.8 Å². The fourth-order valence-electron chi connectivity index (χ4n) is 3.16. The lowest BCUT2D eigenvalue weighted by Gasteiger charge is -2.08. The average Bonchev–Trinajstić information content (AvgIpc) is 2.81. The van der Waals surface area contributed by atoms with Crippen LogP contribution >= 0.6 is 11.8 Å². The van der Waals surface area contributed by atoms with E-state index in [1.165, 1.54) is 11.8 Å². The predicted octanol–water partition coefficient (Wildman–Crippen LogP) is 5.76. The number of unbranched alkanes of at least 4 members (excludes halogenated alkanes) is 2. The molecule has 0 bridgehead atoms. The van der Waals surface area contributed by atoms with Crippen LogP contribution in [0.25, 0.3) is 11.1 Å². The Morgan fingerprint density at radius 2 is 1.42 bits per heavy atom. The number of hydrogen-bond donors (Lipinski definition) is 2. The topological polar surface area (TPSA) is 58.2 Å². The van der Waals surface area contributed by atoms with Crippen LogP contribution in [0.5, 0.6) is 0 Å². The first kappa shape index (κ1) is 22.6. The van der Waals surface area contributed by atoms with Crippen molar-refractivity contribution < 1.29 is 9.59 Å². The standard InChI is InChI=1S/C26H28N2O2S/c29-25(28-23-14-10-13-22(19-23)21-11-4-1-5-12-21)17-8-3-9-18-27-26(30)20-31-24-15-6-2-7-16-24/h1-2,4-7,10-16,19H,3,8-9,17-18,20H2,(H,27,30)(H,28,29). The number of hydrogen-bond acceptors (Lipinski definition) is 3. The molecule has 2 N–H and O–H groups in total. The Balaban J connectivity index is 1.28. The van der Waals surface area contributed by atoms with Gasteiger partial charge in [-0.2, -0.15) is 0 Å². The van der Waals surface area contributed by atoms with Gasteiger partial charge in [0.15, 0.2) is 0 Å². The van der Waals surface area contributed by atoms with Crippen molar-refractivity contribution in [1.29, 1.82) is 0 Å². The van der Waals surface area contributed by atoms with E-state index in [0.29, 0.717) is 18.7 Å². The summed E-state index contributed by atoms with van der Waals surface area (Å²) in [6, 6.07) is 27.9. The number of benzene rings is 3. The van der Waals surface area contributed by atoms with E-state index in [1.54, 1.807) is 0 Å². The maximum Gasteiger partial charge on any atom is 0.230 e. The average molecular weight is 433 g/mol. The van der Waals surface area contributed by atoms with Crippen molar-refractivity contribution in [2.45, 2.75) is 30.6 Å². The number of carbonyl (C=O) groups is 2. The second kappa shape index (κ2) is 12.6. The van der Waals surface area contributed by atoms with Gasteiger partial charge in [0, 0.05) is 23.5 Å². The van der Waals surface area contributed by atoms with Gasteiger partial charge >= 0.3 is 0 Å². The Morgan fingerprint density at radius 1 is 0.710 bits per heavy atom. The molecule has 0 aromatic heterocycles. The molecule has 3 rings (SSSR count). The van der Waals surface area contributed by atoms with E-state index >= 15 is 0 Å². The molecule has 0 fully saturated rings. The number of rotatable bonds is 11. The minimum Gasteiger partial charge on any atom is -0.355 e. The molecule has 160 valence electrons. The number of carbonyl (C=O) groups excluding carboxylic acids is 2. The number of thioether (sulfide) groups is 1. The molecule has 0 unspecified atom stereocenters. The molecule has 0 aliphatic carbocycles. The summed E-state index contributed by atoms with van der Waals surface area (Å²) in [7, 11) is 0. The van der Waals surface area contributed by atoms with Crippen LogP contribution in [0, 0.1) is 0 Å². The molecule has 0 saturated carbocycles. The van der Waals surface area contributed by atoms with E-state index in [-0.39, 0.29) is 11.8 Å². The highest BCUT2D eigenvalue weighted by molar-refractivity contribution is 8.00. The van der Waals surface area contributed by atoms with Gasteiger partial charge in [-0.05, 0) is 48.2 Å². The van der Waals surface area contributed by atoms with Crippen molar-refractivity contribution >= 4 is 29.3 Å². The molecular formula is C26H28N2O2S. The molecule has 0 aliphatic heterocycles. The van der Waals surface area contributed by atoms with Gasteiger partial charge in [-0.3, -0.25) is 9.59 Å². The van der Waals surface area contributed by atoms with Gasteiger partial charge in [0.25, 0.3) is 0 Å². The van der Waals surface area contributed by atoms with E-state index < -0.39 is 0 Å². The van der Waals surface area contributed by atoms with E-state index in [1.807, 2.05) is 72.8 Å². The fourth-order valence-corrected chi connectivity index (χ4v) is 3.91. The summed E-state index contributed by atoms with van der Waals surface area (Å²) >= 11 is 1.54. The highest BCUT2D eigenvalue weighted by Gasteiger charge is 2.05. The first-order valence-electron chi connectivity index (χ1n) is 10.6. The first-order chi connectivity index (χ1) is 15.2. The van der Waals surface area contributed by atoms with E-state index in [0.717, 1.165) is 41.0 Å². The second-order valence-electron chi connectivity index (χ2n) is 7.26. The predicted molar refractivity (Wildman–Crippen MR) is 129 cm³/mol. The van der Waals surface area contributed by atoms with Crippen LogP contribution in [-0.2, 0) is 9.59 Å². The SMILES string of the molecule is O=C(CSc1ccccc1)NCCCCCC(=O)Nc1cccc(-c2ccccc2)c1. The summed E-state index contributed by atoms with van der Waals surface area (Å²) in [6.07, 6.45) is 3.06. The van der Waals surface area contributed by atoms with Gasteiger partial charge in [-0.25, -0.2) is 0 Å². The maximum absolute atomic E-state index is 12.2. The van der Waals surface area contributed by atoms with Crippen LogP contribution in [0.2, 0.25) is 0 Å². The smallest absolute Gasteiger partial charge is 0.230 e. The molecule has 3 aromatic rings. The second-order valence-corrected chi connectivity index (χ2v) is 8.31. The normalized spacial score (nSPS) is 10.5. The van der Waals surface area contributed by atoms with Gasteiger partial charge in [0.2, 0.25) is 11.8 Å². The number of amides is 2. The Bertz CT molecular complexity index is 961. The molecule has 2 amide bonds. The molecular weight excluding hydrogens is 404 g/mol. The van der Waals surface area contributed by atoms with Gasteiger partial charge < -0.3 is 10.6 Å². The van der Waals surface area contributed by atoms with Crippen LogP contribution in [0.1, 0.15) is 25.7 Å². The summed E-state index contributed by atoms with van der Waals surface area (Å²) in [5, 5.41) is 5.92. The van der Waals surface area contributed by atoms with E-state index in [4.69, 9.17) is 0 Å². The molecule has 0 spiro atoms. The molecule has 31 heavy (non-hydrogen) atoms. The van der Waals surface area contributed by atoms with Crippen molar-refractivity contribution in [3.05, 3.63) is 84.9 Å². The van der Waals surface area contributed by atoms with Crippen molar-refractivity contribution in [2.24, 2.45) is 0 Å². The Labute approximate surface area is 188 Å². The van der Waals surface area contributed by atoms with Crippen LogP contribution in [0.4, 0.5) is 5.69 Å². The van der Waals surface area contributed by atoms with Crippen molar-refractivity contribution in [2.75, 3.05) is 17.6 Å². The molecule has 0 heterocycles. The molecule has 0 saturated heterocycles. The third-order valence-corrected chi connectivity index (χ3v) is 5.78. The minimum atomic E-state index is 0.0218. The maximum atomic E-state index is 12.2. The number of anilines is 1. The molecule has 0 radical (unpaired) electrons. The zero-order chi connectivity index (χ0) is 21.7. The third-order valence-electron chi connectivity index (χ3n) is 4.77. The summed E-state index contributed by atoms with van der Waals surface area (Å²) in [5.74, 6) is 0.493. The zero-order valence-corrected chi connectivity index (χ0v) is 18.4. The van der Waals surface area contributed by atoms with Gasteiger partial charge in [0.05, 0.1) is 5.75 Å². The van der Waals surface area contributed by atoms with Crippen molar-refractivity contribution in [3.8, 4) is 11.1 Å². The summed E-state index contributed by atoms with van der Waals surface area (Å²) < 4.78 is 0. The highest BCUT2D eigenvalue weighted by atomic mass is 32.2. The summed E-state index contributed by atoms with van der Waals surface area (Å²) in [6.45, 7) is 0.648. The van der Waals surface area contributed by atoms with E-state index in [9.17, 15) is 9.59 Å². The Morgan fingerprint density at radius 3 is 2.19 bits per heavy atom. The largest absolute Gasteiger partial charge is 0.355 e. The van der Waals surface area contributed by atoms with Crippen molar-refractivity contribution in [3.63, 3.8) is 0 Å². The van der Waals surface area contributed by atoms with Crippen LogP contribution in [-0.4, -0.2) is 24.1 Å². The molecule has 3 aromatic carbocycles. The lowest BCUT2D eigenvalue weighted by molar-refractivity contribution is -0.118. The molecule has 4 nitrogen and oxygen atoms in total. The van der Waals surface area contributed by atoms with Gasteiger partial charge in [0.1, 0.15) is 0 Å². The summed E-state index contributed by atoms with van der Waals surface area (Å²) in [5.41, 5.74) is 3.02. The van der Waals surface area contributed by atoms with Gasteiger partial charge in [-0.1, -0.05) is 67.1 Å². The lowest BCUT2D eigenvalue weighted by Crippen LogP contribution is -2.26. The monoisotopic (exact) mass is 432 g/mol. The quantitative estimate of drug-likeness (QED) is 0.299. The number of nitrogens with one attached hydrogen (secondary N) is 2. The minimum absolute atomic E-state index is 0.0218. The van der Waals surface area contributed by atoms with Crippen LogP contribution in [0.3, 0.4) is 0 Å². The molecule has 0 atom stereocenters. The summed E-state index contributed by atoms with van der Waals surface area (Å²) in [4.78, 5) is 25.2. The van der Waals surface area contributed by atoms with Crippen molar-refractivity contribution in [1.82, 2.24) is 5.32 Å². The van der Waals surface area contributed by atoms with Crippen LogP contribution < -0.4 is 10.6 Å². The fraction of sp³-hybridized carbons (Fsp3) is 0.231. The van der Waals surface area contributed by atoms with Crippen LogP contribution in [0.15, 0.2) is 89.8 Å². The Kier molecular flexibility index (Phi) is 9.20. The lowest BCUT2D eigenvalue weighted by atomic mass is 10.1. The molecule has 5 heteroatoms. The zero-order valence-electron chi connectivity index (χ0n) is 17.6. The highest BCUT2D eigenvalue weighted by Crippen LogP contribution is 2.22. The first-order valence-corrected chi connectivity index (χ1v) is 11.6.